The summed E-state index contributed by atoms with van der Waals surface area (Å²) in [6.45, 7) is 8.31. The Morgan fingerprint density at radius 2 is 1.55 bits per heavy atom. The molecular formula is C33H42ClN3O4S. The number of carbonyl (C=O) groups excluding carboxylic acids is 2. The number of nitrogens with one attached hydrogen (secondary N) is 1. The van der Waals surface area contributed by atoms with Gasteiger partial charge in [0.1, 0.15) is 12.6 Å². The smallest absolute Gasteiger partial charge is 0.244 e. The van der Waals surface area contributed by atoms with Gasteiger partial charge >= 0.3 is 0 Å². The molecule has 1 atom stereocenters. The minimum Gasteiger partial charge on any atom is -0.354 e. The van der Waals surface area contributed by atoms with Gasteiger partial charge in [-0.3, -0.25) is 13.9 Å². The van der Waals surface area contributed by atoms with Gasteiger partial charge < -0.3 is 10.2 Å². The average Bonchev–Trinajstić information content (AvgIpc) is 2.94. The molecule has 0 aromatic heterocycles. The molecule has 0 aliphatic heterocycles. The summed E-state index contributed by atoms with van der Waals surface area (Å²) >= 11 is 6.50. The van der Waals surface area contributed by atoms with Crippen molar-refractivity contribution in [3.8, 4) is 0 Å². The SMILES string of the molecule is CCCCNC(=O)C(Cc1ccccc1)N(Cc1ccccc1Cl)C(=O)CN(c1ccc(C(C)(C)C)cc1)S(C)(=O)=O. The first-order chi connectivity index (χ1) is 19.8. The van der Waals surface area contributed by atoms with Crippen LogP contribution >= 0.6 is 11.6 Å². The Bertz CT molecular complexity index is 1440. The van der Waals surface area contributed by atoms with E-state index in [-0.39, 0.29) is 24.3 Å². The van der Waals surface area contributed by atoms with Crippen molar-refractivity contribution in [2.24, 2.45) is 0 Å². The number of rotatable bonds is 13. The molecule has 9 heteroatoms. The maximum atomic E-state index is 14.2. The molecule has 3 rings (SSSR count). The van der Waals surface area contributed by atoms with Gasteiger partial charge in [0.15, 0.2) is 0 Å². The molecule has 0 aliphatic rings. The van der Waals surface area contributed by atoms with Crippen LogP contribution in [0.15, 0.2) is 78.9 Å². The Morgan fingerprint density at radius 1 is 0.929 bits per heavy atom. The van der Waals surface area contributed by atoms with Crippen molar-refractivity contribution < 1.29 is 18.0 Å². The number of halogens is 1. The Labute approximate surface area is 255 Å². The number of amides is 2. The Balaban J connectivity index is 2.04. The zero-order valence-electron chi connectivity index (χ0n) is 25.1. The van der Waals surface area contributed by atoms with Gasteiger partial charge in [0, 0.05) is 24.5 Å². The zero-order chi connectivity index (χ0) is 30.9. The number of sulfonamides is 1. The van der Waals surface area contributed by atoms with Crippen LogP contribution in [0.3, 0.4) is 0 Å². The first-order valence-corrected chi connectivity index (χ1v) is 16.5. The summed E-state index contributed by atoms with van der Waals surface area (Å²) in [6, 6.07) is 22.9. The van der Waals surface area contributed by atoms with Crippen LogP contribution < -0.4 is 9.62 Å². The van der Waals surface area contributed by atoms with Crippen LogP contribution in [0.25, 0.3) is 0 Å². The fourth-order valence-electron chi connectivity index (χ4n) is 4.61. The van der Waals surface area contributed by atoms with E-state index in [0.29, 0.717) is 22.8 Å². The van der Waals surface area contributed by atoms with Gasteiger partial charge in [0.05, 0.1) is 11.9 Å². The van der Waals surface area contributed by atoms with Crippen LogP contribution in [0.4, 0.5) is 5.69 Å². The molecule has 0 saturated heterocycles. The number of hydrogen-bond donors (Lipinski definition) is 1. The Morgan fingerprint density at radius 3 is 2.12 bits per heavy atom. The van der Waals surface area contributed by atoms with Crippen molar-refractivity contribution in [2.75, 3.05) is 23.7 Å². The molecule has 1 unspecified atom stereocenters. The van der Waals surface area contributed by atoms with Crippen molar-refractivity contribution >= 4 is 39.1 Å². The quantitative estimate of drug-likeness (QED) is 0.242. The van der Waals surface area contributed by atoms with Crippen LogP contribution in [0.1, 0.15) is 57.2 Å². The van der Waals surface area contributed by atoms with Gasteiger partial charge in [0.2, 0.25) is 21.8 Å². The molecule has 0 saturated carbocycles. The maximum absolute atomic E-state index is 14.2. The van der Waals surface area contributed by atoms with Gasteiger partial charge in [0.25, 0.3) is 0 Å². The lowest BCUT2D eigenvalue weighted by molar-refractivity contribution is -0.140. The second kappa shape index (κ2) is 14.7. The summed E-state index contributed by atoms with van der Waals surface area (Å²) in [5.41, 5.74) is 2.84. The number of nitrogens with zero attached hydrogens (tertiary/aromatic N) is 2. The van der Waals surface area contributed by atoms with Crippen molar-refractivity contribution in [3.05, 3.63) is 101 Å². The lowest BCUT2D eigenvalue weighted by Gasteiger charge is -2.33. The normalized spacial score (nSPS) is 12.4. The third kappa shape index (κ3) is 9.33. The summed E-state index contributed by atoms with van der Waals surface area (Å²) in [5.74, 6) is -0.806. The summed E-state index contributed by atoms with van der Waals surface area (Å²) in [5, 5.41) is 3.43. The second-order valence-corrected chi connectivity index (χ2v) is 13.8. The zero-order valence-corrected chi connectivity index (χ0v) is 26.7. The van der Waals surface area contributed by atoms with Crippen LogP contribution in [-0.4, -0.2) is 50.5 Å². The lowest BCUT2D eigenvalue weighted by Crippen LogP contribution is -2.53. The standard InChI is InChI=1S/C33H42ClN3O4S/c1-6-7-21-35-32(39)30(22-25-13-9-8-10-14-25)36(23-26-15-11-12-16-29(26)34)31(38)24-37(42(5,40)41)28-19-17-27(18-20-28)33(2,3)4/h8-20,30H,6-7,21-24H2,1-5H3,(H,35,39). The summed E-state index contributed by atoms with van der Waals surface area (Å²) in [7, 11) is -3.84. The average molecular weight is 612 g/mol. The molecule has 1 N–H and O–H groups in total. The van der Waals surface area contributed by atoms with Crippen molar-refractivity contribution in [1.29, 1.82) is 0 Å². The molecule has 226 valence electrons. The molecule has 0 aliphatic carbocycles. The predicted molar refractivity (Wildman–Crippen MR) is 171 cm³/mol. The van der Waals surface area contributed by atoms with Gasteiger partial charge in [-0.2, -0.15) is 0 Å². The van der Waals surface area contributed by atoms with Gasteiger partial charge in [-0.25, -0.2) is 8.42 Å². The van der Waals surface area contributed by atoms with Crippen LogP contribution in [-0.2, 0) is 38.0 Å². The Hall–Kier alpha value is -3.36. The molecule has 0 fully saturated rings. The molecule has 2 amide bonds. The first-order valence-electron chi connectivity index (χ1n) is 14.2. The first kappa shape index (κ1) is 33.1. The molecule has 0 bridgehead atoms. The monoisotopic (exact) mass is 611 g/mol. The fraction of sp³-hybridized carbons (Fsp3) is 0.394. The summed E-state index contributed by atoms with van der Waals surface area (Å²) in [4.78, 5) is 29.3. The van der Waals surface area contributed by atoms with Gasteiger partial charge in [-0.1, -0.05) is 106 Å². The Kier molecular flexibility index (Phi) is 11.6. The minimum absolute atomic E-state index is 0.0395. The molecular weight excluding hydrogens is 570 g/mol. The molecule has 0 radical (unpaired) electrons. The molecule has 3 aromatic carbocycles. The maximum Gasteiger partial charge on any atom is 0.244 e. The van der Waals surface area contributed by atoms with Crippen molar-refractivity contribution in [3.63, 3.8) is 0 Å². The number of benzene rings is 3. The molecule has 3 aromatic rings. The van der Waals surface area contributed by atoms with E-state index in [9.17, 15) is 18.0 Å². The lowest BCUT2D eigenvalue weighted by atomic mass is 9.87. The van der Waals surface area contributed by atoms with E-state index in [0.717, 1.165) is 34.5 Å². The van der Waals surface area contributed by atoms with E-state index in [4.69, 9.17) is 11.6 Å². The number of unbranched alkanes of at least 4 members (excludes halogenated alkanes) is 1. The van der Waals surface area contributed by atoms with Gasteiger partial charge in [-0.05, 0) is 46.7 Å². The third-order valence-corrected chi connectivity index (χ3v) is 8.61. The topological polar surface area (TPSA) is 86.8 Å². The number of carbonyl (C=O) groups is 2. The highest BCUT2D eigenvalue weighted by atomic mass is 35.5. The second-order valence-electron chi connectivity index (χ2n) is 11.5. The molecule has 7 nitrogen and oxygen atoms in total. The van der Waals surface area contributed by atoms with Crippen LogP contribution in [0.5, 0.6) is 0 Å². The van der Waals surface area contributed by atoms with Gasteiger partial charge in [-0.15, -0.1) is 0 Å². The van der Waals surface area contributed by atoms with E-state index in [1.165, 1.54) is 4.90 Å². The highest BCUT2D eigenvalue weighted by Gasteiger charge is 2.33. The van der Waals surface area contributed by atoms with Crippen LogP contribution in [0, 0.1) is 0 Å². The van der Waals surface area contributed by atoms with E-state index in [1.807, 2.05) is 55.5 Å². The fourth-order valence-corrected chi connectivity index (χ4v) is 5.66. The highest BCUT2D eigenvalue weighted by Crippen LogP contribution is 2.27. The van der Waals surface area contributed by atoms with Crippen molar-refractivity contribution in [1.82, 2.24) is 10.2 Å². The number of anilines is 1. The highest BCUT2D eigenvalue weighted by molar-refractivity contribution is 7.92. The minimum atomic E-state index is -3.84. The van der Waals surface area contributed by atoms with Crippen molar-refractivity contribution in [2.45, 2.75) is 65.0 Å². The van der Waals surface area contributed by atoms with Crippen LogP contribution in [0.2, 0.25) is 5.02 Å². The third-order valence-electron chi connectivity index (χ3n) is 7.10. The number of hydrogen-bond acceptors (Lipinski definition) is 4. The molecule has 42 heavy (non-hydrogen) atoms. The summed E-state index contributed by atoms with van der Waals surface area (Å²) < 4.78 is 27.1. The molecule has 0 heterocycles. The summed E-state index contributed by atoms with van der Waals surface area (Å²) in [6.07, 6.45) is 3.04. The predicted octanol–water partition coefficient (Wildman–Crippen LogP) is 5.96. The molecule has 0 spiro atoms. The van der Waals surface area contributed by atoms with E-state index in [2.05, 4.69) is 26.1 Å². The van der Waals surface area contributed by atoms with E-state index in [1.54, 1.807) is 30.3 Å². The van der Waals surface area contributed by atoms with E-state index >= 15 is 0 Å². The van der Waals surface area contributed by atoms with E-state index < -0.39 is 28.5 Å². The largest absolute Gasteiger partial charge is 0.354 e.